The predicted molar refractivity (Wildman–Crippen MR) is 252 cm³/mol. The minimum absolute atomic E-state index is 0.0843. The standard InChI is InChI=1S/C53H94O6/c1-4-7-10-13-16-19-22-25-28-31-34-37-40-43-46-52(55)58-49-50(48-57-51(54)45-42-39-36-33-30-27-24-21-18-15-12-9-6-3)59-53(56)47-44-41-38-35-32-29-26-23-20-17-14-11-8-5-2/h7,10,16,19,25,28-29,32,50H,4-6,8-9,11-15,17-18,20-24,26-27,30-31,33-49H2,1-3H3/b10-7-,19-16-,28-25-,32-29-. The largest absolute Gasteiger partial charge is 0.462 e. The molecule has 0 aliphatic heterocycles. The molecular formula is C53H94O6. The first-order chi connectivity index (χ1) is 29.0. The number of esters is 3. The summed E-state index contributed by atoms with van der Waals surface area (Å²) >= 11 is 0. The zero-order valence-corrected chi connectivity index (χ0v) is 39.0. The summed E-state index contributed by atoms with van der Waals surface area (Å²) in [6.45, 7) is 6.50. The van der Waals surface area contributed by atoms with Gasteiger partial charge in [-0.05, 0) is 77.0 Å². The van der Waals surface area contributed by atoms with Crippen molar-refractivity contribution in [3.05, 3.63) is 48.6 Å². The minimum atomic E-state index is -0.786. The van der Waals surface area contributed by atoms with Gasteiger partial charge >= 0.3 is 17.9 Å². The third kappa shape index (κ3) is 46.3. The quantitative estimate of drug-likeness (QED) is 0.0263. The van der Waals surface area contributed by atoms with E-state index in [1.54, 1.807) is 0 Å². The molecule has 0 aromatic carbocycles. The summed E-state index contributed by atoms with van der Waals surface area (Å²) in [5.74, 6) is -0.918. The van der Waals surface area contributed by atoms with Crippen LogP contribution in [-0.4, -0.2) is 37.2 Å². The van der Waals surface area contributed by atoms with E-state index in [0.29, 0.717) is 19.3 Å². The zero-order valence-electron chi connectivity index (χ0n) is 39.0. The number of rotatable bonds is 45. The Kier molecular flexibility index (Phi) is 45.9. The predicted octanol–water partition coefficient (Wildman–Crippen LogP) is 16.3. The first-order valence-corrected chi connectivity index (χ1v) is 25.1. The Morgan fingerprint density at radius 1 is 0.356 bits per heavy atom. The van der Waals surface area contributed by atoms with Crippen LogP contribution in [0, 0.1) is 0 Å². The lowest BCUT2D eigenvalue weighted by Gasteiger charge is -2.18. The van der Waals surface area contributed by atoms with Gasteiger partial charge in [-0.3, -0.25) is 14.4 Å². The number of ether oxygens (including phenoxy) is 3. The fraction of sp³-hybridized carbons (Fsp3) is 0.792. The first kappa shape index (κ1) is 56.4. The molecule has 0 bridgehead atoms. The van der Waals surface area contributed by atoms with Crippen molar-refractivity contribution in [2.24, 2.45) is 0 Å². The molecule has 59 heavy (non-hydrogen) atoms. The lowest BCUT2D eigenvalue weighted by Crippen LogP contribution is -2.30. The maximum atomic E-state index is 12.8. The van der Waals surface area contributed by atoms with Crippen molar-refractivity contribution in [3.63, 3.8) is 0 Å². The summed E-state index contributed by atoms with van der Waals surface area (Å²) in [7, 11) is 0. The molecule has 0 saturated carbocycles. The SMILES string of the molecule is CC/C=C\C/C=C\C/C=C\CCCCCCC(=O)OCC(COC(=O)CCCCCCCCCCCCCCC)OC(=O)CCCCC/C=C\CCCCCCCCC. The van der Waals surface area contributed by atoms with Gasteiger partial charge in [-0.2, -0.15) is 0 Å². The van der Waals surface area contributed by atoms with Crippen molar-refractivity contribution in [2.45, 2.75) is 258 Å². The Bertz CT molecular complexity index is 1040. The van der Waals surface area contributed by atoms with Gasteiger partial charge in [-0.1, -0.05) is 204 Å². The van der Waals surface area contributed by atoms with Crippen LogP contribution in [0.25, 0.3) is 0 Å². The van der Waals surface area contributed by atoms with Gasteiger partial charge in [0.15, 0.2) is 6.10 Å². The summed E-state index contributed by atoms with van der Waals surface area (Å²) in [4.78, 5) is 37.9. The molecular weight excluding hydrogens is 733 g/mol. The molecule has 0 N–H and O–H groups in total. The van der Waals surface area contributed by atoms with Crippen molar-refractivity contribution in [1.29, 1.82) is 0 Å². The maximum Gasteiger partial charge on any atom is 0.306 e. The van der Waals surface area contributed by atoms with Crippen LogP contribution in [0.15, 0.2) is 48.6 Å². The van der Waals surface area contributed by atoms with Gasteiger partial charge in [-0.15, -0.1) is 0 Å². The summed E-state index contributed by atoms with van der Waals surface area (Å²) in [6.07, 6.45) is 56.6. The second-order valence-electron chi connectivity index (χ2n) is 16.7. The minimum Gasteiger partial charge on any atom is -0.462 e. The van der Waals surface area contributed by atoms with Gasteiger partial charge in [0.05, 0.1) is 0 Å². The molecule has 0 saturated heterocycles. The third-order valence-electron chi connectivity index (χ3n) is 10.8. The van der Waals surface area contributed by atoms with E-state index in [1.807, 2.05) is 0 Å². The van der Waals surface area contributed by atoms with Crippen LogP contribution in [0.2, 0.25) is 0 Å². The fourth-order valence-electron chi connectivity index (χ4n) is 7.04. The molecule has 1 atom stereocenters. The highest BCUT2D eigenvalue weighted by Gasteiger charge is 2.19. The molecule has 1 unspecified atom stereocenters. The van der Waals surface area contributed by atoms with Crippen LogP contribution < -0.4 is 0 Å². The number of carbonyl (C=O) groups is 3. The van der Waals surface area contributed by atoms with E-state index in [4.69, 9.17) is 14.2 Å². The average Bonchev–Trinajstić information content (AvgIpc) is 3.23. The van der Waals surface area contributed by atoms with E-state index in [-0.39, 0.29) is 31.1 Å². The molecule has 342 valence electrons. The van der Waals surface area contributed by atoms with E-state index in [2.05, 4.69) is 69.4 Å². The molecule has 0 rings (SSSR count). The van der Waals surface area contributed by atoms with Crippen LogP contribution in [0.1, 0.15) is 252 Å². The Labute approximate surface area is 365 Å². The fourth-order valence-corrected chi connectivity index (χ4v) is 7.04. The van der Waals surface area contributed by atoms with Crippen molar-refractivity contribution < 1.29 is 28.6 Å². The summed E-state index contributed by atoms with van der Waals surface area (Å²) in [6, 6.07) is 0. The molecule has 0 aliphatic carbocycles. The Morgan fingerprint density at radius 3 is 1.07 bits per heavy atom. The van der Waals surface area contributed by atoms with Gasteiger partial charge < -0.3 is 14.2 Å². The van der Waals surface area contributed by atoms with Crippen LogP contribution in [0.4, 0.5) is 0 Å². The zero-order chi connectivity index (χ0) is 43.0. The normalized spacial score (nSPS) is 12.4. The maximum absolute atomic E-state index is 12.8. The van der Waals surface area contributed by atoms with E-state index in [1.165, 1.54) is 109 Å². The second-order valence-corrected chi connectivity index (χ2v) is 16.7. The first-order valence-electron chi connectivity index (χ1n) is 25.1. The van der Waals surface area contributed by atoms with Crippen molar-refractivity contribution in [1.82, 2.24) is 0 Å². The Morgan fingerprint density at radius 2 is 0.661 bits per heavy atom. The monoisotopic (exact) mass is 827 g/mol. The molecule has 6 nitrogen and oxygen atoms in total. The van der Waals surface area contributed by atoms with Crippen molar-refractivity contribution >= 4 is 17.9 Å². The molecule has 0 amide bonds. The van der Waals surface area contributed by atoms with Crippen molar-refractivity contribution in [3.8, 4) is 0 Å². The van der Waals surface area contributed by atoms with Gasteiger partial charge in [-0.25, -0.2) is 0 Å². The van der Waals surface area contributed by atoms with Gasteiger partial charge in [0.25, 0.3) is 0 Å². The van der Waals surface area contributed by atoms with E-state index in [9.17, 15) is 14.4 Å². The highest BCUT2D eigenvalue weighted by atomic mass is 16.6. The van der Waals surface area contributed by atoms with Crippen molar-refractivity contribution in [2.75, 3.05) is 13.2 Å². The summed E-state index contributed by atoms with van der Waals surface area (Å²) < 4.78 is 16.7. The topological polar surface area (TPSA) is 78.9 Å². The highest BCUT2D eigenvalue weighted by Crippen LogP contribution is 2.15. The average molecular weight is 827 g/mol. The van der Waals surface area contributed by atoms with Gasteiger partial charge in [0, 0.05) is 19.3 Å². The molecule has 6 heteroatoms. The summed E-state index contributed by atoms with van der Waals surface area (Å²) in [5.41, 5.74) is 0. The summed E-state index contributed by atoms with van der Waals surface area (Å²) in [5, 5.41) is 0. The number of hydrogen-bond acceptors (Lipinski definition) is 6. The smallest absolute Gasteiger partial charge is 0.306 e. The Hall–Kier alpha value is -2.63. The molecule has 0 aromatic rings. The van der Waals surface area contributed by atoms with Crippen LogP contribution in [0.5, 0.6) is 0 Å². The molecule has 0 aliphatic rings. The van der Waals surface area contributed by atoms with Gasteiger partial charge in [0.1, 0.15) is 13.2 Å². The van der Waals surface area contributed by atoms with Crippen LogP contribution >= 0.6 is 0 Å². The lowest BCUT2D eigenvalue weighted by atomic mass is 10.0. The molecule has 0 fully saturated rings. The highest BCUT2D eigenvalue weighted by molar-refractivity contribution is 5.71. The molecule has 0 heterocycles. The molecule has 0 spiro atoms. The van der Waals surface area contributed by atoms with Crippen LogP contribution in [-0.2, 0) is 28.6 Å². The number of carbonyl (C=O) groups excluding carboxylic acids is 3. The Balaban J connectivity index is 4.42. The van der Waals surface area contributed by atoms with E-state index < -0.39 is 6.10 Å². The molecule has 0 aromatic heterocycles. The van der Waals surface area contributed by atoms with E-state index in [0.717, 1.165) is 103 Å². The van der Waals surface area contributed by atoms with Gasteiger partial charge in [0.2, 0.25) is 0 Å². The number of unbranched alkanes of at least 4 members (excludes halogenated alkanes) is 26. The lowest BCUT2D eigenvalue weighted by molar-refractivity contribution is -0.167. The second kappa shape index (κ2) is 48.0. The molecule has 0 radical (unpaired) electrons. The number of allylic oxidation sites excluding steroid dienone is 8. The van der Waals surface area contributed by atoms with Crippen LogP contribution in [0.3, 0.4) is 0 Å². The third-order valence-corrected chi connectivity index (χ3v) is 10.8. The van der Waals surface area contributed by atoms with E-state index >= 15 is 0 Å². The number of hydrogen-bond donors (Lipinski definition) is 0.